The fourth-order valence-corrected chi connectivity index (χ4v) is 2.92. The number of benzene rings is 2. The van der Waals surface area contributed by atoms with E-state index in [1.165, 1.54) is 0 Å². The van der Waals surface area contributed by atoms with Crippen LogP contribution in [0, 0.1) is 0 Å². The van der Waals surface area contributed by atoms with Crippen LogP contribution in [0.5, 0.6) is 0 Å². The predicted octanol–water partition coefficient (Wildman–Crippen LogP) is 2.19. The van der Waals surface area contributed by atoms with Gasteiger partial charge in [-0.2, -0.15) is 0 Å². The van der Waals surface area contributed by atoms with E-state index in [4.69, 9.17) is 5.11 Å². The van der Waals surface area contributed by atoms with Gasteiger partial charge in [-0.3, -0.25) is 14.4 Å². The number of aliphatic hydroxyl groups is 1. The number of carbonyl (C=O) groups excluding carboxylic acids is 2. The lowest BCUT2D eigenvalue weighted by atomic mass is 9.95. The fraction of sp³-hybridized carbons (Fsp3) is 0.105. The van der Waals surface area contributed by atoms with Crippen LogP contribution in [0.4, 0.5) is 0 Å². The number of hydrogen-bond acceptors (Lipinski definition) is 4. The third-order valence-corrected chi connectivity index (χ3v) is 4.01. The van der Waals surface area contributed by atoms with Crippen molar-refractivity contribution in [2.45, 2.75) is 6.04 Å². The van der Waals surface area contributed by atoms with Gasteiger partial charge in [-0.15, -0.1) is 0 Å². The van der Waals surface area contributed by atoms with Gasteiger partial charge in [0.2, 0.25) is 0 Å². The summed E-state index contributed by atoms with van der Waals surface area (Å²) in [5.41, 5.74) is 0.834. The number of amides is 1. The van der Waals surface area contributed by atoms with Crippen LogP contribution in [0.3, 0.4) is 0 Å². The SMILES string of the molecule is O=C(O)CN1C(=O)C(=O)C(=C(O)c2ccccc2)[C@@H]1c1ccccc1. The van der Waals surface area contributed by atoms with Crippen molar-refractivity contribution in [1.29, 1.82) is 0 Å². The van der Waals surface area contributed by atoms with Gasteiger partial charge in [-0.25, -0.2) is 0 Å². The largest absolute Gasteiger partial charge is 0.507 e. The zero-order valence-electron chi connectivity index (χ0n) is 13.1. The van der Waals surface area contributed by atoms with Crippen molar-refractivity contribution < 1.29 is 24.6 Å². The van der Waals surface area contributed by atoms with E-state index in [2.05, 4.69) is 0 Å². The molecule has 1 amide bonds. The van der Waals surface area contributed by atoms with Crippen molar-refractivity contribution in [3.05, 3.63) is 77.4 Å². The topological polar surface area (TPSA) is 94.9 Å². The van der Waals surface area contributed by atoms with Gasteiger partial charge in [-0.05, 0) is 5.56 Å². The molecule has 2 N–H and O–H groups in total. The molecule has 0 spiro atoms. The lowest BCUT2D eigenvalue weighted by molar-refractivity contribution is -0.146. The molecule has 0 bridgehead atoms. The first kappa shape index (κ1) is 16.4. The van der Waals surface area contributed by atoms with Crippen molar-refractivity contribution in [3.63, 3.8) is 0 Å². The van der Waals surface area contributed by atoms with Crippen molar-refractivity contribution in [2.75, 3.05) is 6.54 Å². The van der Waals surface area contributed by atoms with Gasteiger partial charge in [0, 0.05) is 5.56 Å². The average molecular weight is 337 g/mol. The third-order valence-electron chi connectivity index (χ3n) is 4.01. The second-order valence-corrected chi connectivity index (χ2v) is 5.60. The summed E-state index contributed by atoms with van der Waals surface area (Å²) < 4.78 is 0. The number of aliphatic carboxylic acids is 1. The molecule has 0 radical (unpaired) electrons. The van der Waals surface area contributed by atoms with Crippen LogP contribution in [0.1, 0.15) is 17.2 Å². The van der Waals surface area contributed by atoms with E-state index in [9.17, 15) is 19.5 Å². The molecule has 126 valence electrons. The fourth-order valence-electron chi connectivity index (χ4n) is 2.92. The van der Waals surface area contributed by atoms with Crippen LogP contribution in [-0.2, 0) is 14.4 Å². The number of carbonyl (C=O) groups is 3. The number of nitrogens with zero attached hydrogens (tertiary/aromatic N) is 1. The van der Waals surface area contributed by atoms with Crippen LogP contribution in [0.2, 0.25) is 0 Å². The Morgan fingerprint density at radius 1 is 0.920 bits per heavy atom. The molecular weight excluding hydrogens is 322 g/mol. The molecule has 2 aromatic carbocycles. The van der Waals surface area contributed by atoms with Crippen LogP contribution < -0.4 is 0 Å². The van der Waals surface area contributed by atoms with Crippen LogP contribution >= 0.6 is 0 Å². The molecule has 1 heterocycles. The molecular formula is C19H15NO5. The first-order valence-corrected chi connectivity index (χ1v) is 7.61. The Hall–Kier alpha value is -3.41. The van der Waals surface area contributed by atoms with Gasteiger partial charge in [0.1, 0.15) is 12.3 Å². The number of hydrogen-bond donors (Lipinski definition) is 2. The Kier molecular flexibility index (Phi) is 4.35. The van der Waals surface area contributed by atoms with Crippen molar-refractivity contribution in [1.82, 2.24) is 4.90 Å². The molecule has 3 rings (SSSR count). The van der Waals surface area contributed by atoms with Crippen molar-refractivity contribution >= 4 is 23.4 Å². The van der Waals surface area contributed by atoms with Gasteiger partial charge >= 0.3 is 5.97 Å². The summed E-state index contributed by atoms with van der Waals surface area (Å²) in [4.78, 5) is 36.9. The zero-order valence-corrected chi connectivity index (χ0v) is 13.1. The van der Waals surface area contributed by atoms with E-state index in [-0.39, 0.29) is 11.3 Å². The second-order valence-electron chi connectivity index (χ2n) is 5.60. The molecule has 1 saturated heterocycles. The van der Waals surface area contributed by atoms with Gasteiger partial charge in [0.25, 0.3) is 11.7 Å². The van der Waals surface area contributed by atoms with E-state index in [0.29, 0.717) is 11.1 Å². The number of likely N-dealkylation sites (tertiary alicyclic amines) is 1. The monoisotopic (exact) mass is 337 g/mol. The normalized spacial score (nSPS) is 19.2. The van der Waals surface area contributed by atoms with Crippen molar-refractivity contribution in [3.8, 4) is 0 Å². The summed E-state index contributed by atoms with van der Waals surface area (Å²) in [5, 5.41) is 19.7. The summed E-state index contributed by atoms with van der Waals surface area (Å²) in [6.45, 7) is -0.629. The first-order chi connectivity index (χ1) is 12.0. The minimum absolute atomic E-state index is 0.108. The molecule has 1 aliphatic rings. The number of Topliss-reactive ketones (excluding diaryl/α,β-unsaturated/α-hetero) is 1. The number of aliphatic hydroxyl groups excluding tert-OH is 1. The highest BCUT2D eigenvalue weighted by Crippen LogP contribution is 2.38. The quantitative estimate of drug-likeness (QED) is 0.507. The molecule has 1 aliphatic heterocycles. The number of carboxylic acids is 1. The maximum atomic E-state index is 12.5. The standard InChI is InChI=1S/C19H15NO5/c21-14(22)11-20-16(12-7-3-1-4-8-12)15(18(24)19(20)25)17(23)13-9-5-2-6-10-13/h1-10,16,23H,11H2,(H,21,22)/t16-/m0/s1. The van der Waals surface area contributed by atoms with Gasteiger partial charge in [0.05, 0.1) is 11.6 Å². The van der Waals surface area contributed by atoms with E-state index in [1.807, 2.05) is 0 Å². The van der Waals surface area contributed by atoms with E-state index < -0.39 is 30.2 Å². The number of carboxylic acid groups (broad SMARTS) is 1. The summed E-state index contributed by atoms with van der Waals surface area (Å²) in [5.74, 6) is -3.38. The highest BCUT2D eigenvalue weighted by molar-refractivity contribution is 6.46. The number of rotatable bonds is 4. The third kappa shape index (κ3) is 3.01. The maximum absolute atomic E-state index is 12.5. The van der Waals surface area contributed by atoms with E-state index in [0.717, 1.165) is 4.90 Å². The van der Waals surface area contributed by atoms with Crippen LogP contribution in [-0.4, -0.2) is 39.3 Å². The highest BCUT2D eigenvalue weighted by atomic mass is 16.4. The van der Waals surface area contributed by atoms with Gasteiger partial charge in [-0.1, -0.05) is 60.7 Å². The van der Waals surface area contributed by atoms with Gasteiger partial charge < -0.3 is 15.1 Å². The Morgan fingerprint density at radius 2 is 1.48 bits per heavy atom. The highest BCUT2D eigenvalue weighted by Gasteiger charge is 2.46. The summed E-state index contributed by atoms with van der Waals surface area (Å²) in [6, 6.07) is 16.0. The minimum Gasteiger partial charge on any atom is -0.507 e. The molecule has 25 heavy (non-hydrogen) atoms. The number of ketones is 1. The summed E-state index contributed by atoms with van der Waals surface area (Å²) in [6.07, 6.45) is 0. The Labute approximate surface area is 143 Å². The molecule has 6 nitrogen and oxygen atoms in total. The summed E-state index contributed by atoms with van der Waals surface area (Å²) >= 11 is 0. The minimum atomic E-state index is -1.23. The molecule has 0 aromatic heterocycles. The van der Waals surface area contributed by atoms with Crippen molar-refractivity contribution in [2.24, 2.45) is 0 Å². The molecule has 1 fully saturated rings. The molecule has 0 saturated carbocycles. The molecule has 1 atom stereocenters. The predicted molar refractivity (Wildman–Crippen MR) is 89.5 cm³/mol. The Balaban J connectivity index is 2.19. The second kappa shape index (κ2) is 6.60. The average Bonchev–Trinajstić information content (AvgIpc) is 2.87. The first-order valence-electron chi connectivity index (χ1n) is 7.61. The van der Waals surface area contributed by atoms with Crippen LogP contribution in [0.25, 0.3) is 5.76 Å². The molecule has 0 unspecified atom stereocenters. The Morgan fingerprint density at radius 3 is 2.04 bits per heavy atom. The lowest BCUT2D eigenvalue weighted by Crippen LogP contribution is -2.34. The molecule has 2 aromatic rings. The molecule has 0 aliphatic carbocycles. The smallest absolute Gasteiger partial charge is 0.323 e. The van der Waals surface area contributed by atoms with Gasteiger partial charge in [0.15, 0.2) is 0 Å². The van der Waals surface area contributed by atoms with Crippen LogP contribution in [0.15, 0.2) is 66.2 Å². The van der Waals surface area contributed by atoms with E-state index >= 15 is 0 Å². The Bertz CT molecular complexity index is 858. The molecule has 6 heteroatoms. The van der Waals surface area contributed by atoms with E-state index in [1.54, 1.807) is 60.7 Å². The zero-order chi connectivity index (χ0) is 18.0. The maximum Gasteiger partial charge on any atom is 0.323 e. The summed E-state index contributed by atoms with van der Waals surface area (Å²) in [7, 11) is 0. The lowest BCUT2D eigenvalue weighted by Gasteiger charge is -2.23.